The van der Waals surface area contributed by atoms with E-state index in [1.54, 1.807) is 37.3 Å². The van der Waals surface area contributed by atoms with Crippen LogP contribution in [0.25, 0.3) is 0 Å². The van der Waals surface area contributed by atoms with Gasteiger partial charge in [0.2, 0.25) is 0 Å². The van der Waals surface area contributed by atoms with Crippen molar-refractivity contribution in [2.45, 2.75) is 38.0 Å². The topological polar surface area (TPSA) is 90.4 Å². The predicted octanol–water partition coefficient (Wildman–Crippen LogP) is 1.41. The van der Waals surface area contributed by atoms with Crippen molar-refractivity contribution in [3.05, 3.63) is 69.0 Å². The smallest absolute Gasteiger partial charge is 0.338 e. The first kappa shape index (κ1) is 17.1. The molecule has 1 aliphatic rings. The lowest BCUT2D eigenvalue weighted by Crippen LogP contribution is -2.37. The van der Waals surface area contributed by atoms with Crippen LogP contribution in [0.1, 0.15) is 29.9 Å². The zero-order valence-corrected chi connectivity index (χ0v) is 13.4. The number of hydrogen-bond donors (Lipinski definition) is 1. The molecule has 2 aromatic rings. The number of aromatic nitrogens is 2. The standard InChI is InChI=1S/C17H17FN2O5/c1-2-11-14(25-16(22)10-6-4-3-5-7-10)13(18)15(24-11)20-9-8-12(21)19-17(20)23/h3-9,11,13-15H,2H2,1H3,(H,19,21,23)/t11-,13?,14+,15-/m1/s1. The molecule has 2 heterocycles. The van der Waals surface area contributed by atoms with E-state index in [0.29, 0.717) is 12.0 Å². The average molecular weight is 348 g/mol. The van der Waals surface area contributed by atoms with E-state index in [1.165, 1.54) is 0 Å². The van der Waals surface area contributed by atoms with Crippen LogP contribution in [0.4, 0.5) is 4.39 Å². The van der Waals surface area contributed by atoms with Gasteiger partial charge < -0.3 is 9.47 Å². The summed E-state index contributed by atoms with van der Waals surface area (Å²) in [6.45, 7) is 1.76. The second-order valence-corrected chi connectivity index (χ2v) is 5.67. The SMILES string of the molecule is CC[C@H]1O[C@@H](n2ccc(=O)[nH]c2=O)C(F)[C@H]1OC(=O)c1ccccc1. The van der Waals surface area contributed by atoms with E-state index < -0.39 is 41.8 Å². The number of nitrogens with zero attached hydrogens (tertiary/aromatic N) is 1. The normalized spacial score (nSPS) is 25.7. The summed E-state index contributed by atoms with van der Waals surface area (Å²) in [5.74, 6) is -0.662. The third-order valence-electron chi connectivity index (χ3n) is 4.05. The summed E-state index contributed by atoms with van der Waals surface area (Å²) < 4.78 is 26.7. The first-order valence-corrected chi connectivity index (χ1v) is 7.88. The highest BCUT2D eigenvalue weighted by Crippen LogP contribution is 2.34. The number of benzene rings is 1. The molecular formula is C17H17FN2O5. The van der Waals surface area contributed by atoms with E-state index in [-0.39, 0.29) is 0 Å². The van der Waals surface area contributed by atoms with Gasteiger partial charge in [-0.15, -0.1) is 0 Å². The number of halogens is 1. The first-order valence-electron chi connectivity index (χ1n) is 7.88. The number of hydrogen-bond acceptors (Lipinski definition) is 5. The molecule has 3 rings (SSSR count). The van der Waals surface area contributed by atoms with Gasteiger partial charge in [-0.3, -0.25) is 14.3 Å². The van der Waals surface area contributed by atoms with Gasteiger partial charge in [0.05, 0.1) is 5.56 Å². The van der Waals surface area contributed by atoms with Gasteiger partial charge >= 0.3 is 11.7 Å². The number of carbonyl (C=O) groups excluding carboxylic acids is 1. The summed E-state index contributed by atoms with van der Waals surface area (Å²) in [5.41, 5.74) is -1.08. The van der Waals surface area contributed by atoms with Crippen LogP contribution in [0.3, 0.4) is 0 Å². The van der Waals surface area contributed by atoms with Crippen LogP contribution in [0, 0.1) is 0 Å². The number of aromatic amines is 1. The Morgan fingerprint density at radius 1 is 1.28 bits per heavy atom. The molecule has 7 nitrogen and oxygen atoms in total. The van der Waals surface area contributed by atoms with Crippen LogP contribution in [-0.2, 0) is 9.47 Å². The largest absolute Gasteiger partial charge is 0.453 e. The van der Waals surface area contributed by atoms with E-state index in [0.717, 1.165) is 16.8 Å². The third-order valence-corrected chi connectivity index (χ3v) is 4.05. The maximum absolute atomic E-state index is 14.9. The van der Waals surface area contributed by atoms with E-state index >= 15 is 0 Å². The minimum atomic E-state index is -1.75. The average Bonchev–Trinajstić information content (AvgIpc) is 2.92. The van der Waals surface area contributed by atoms with Gasteiger partial charge in [-0.1, -0.05) is 25.1 Å². The Balaban J connectivity index is 1.84. The van der Waals surface area contributed by atoms with Crippen molar-refractivity contribution in [3.63, 3.8) is 0 Å². The monoisotopic (exact) mass is 348 g/mol. The molecule has 0 amide bonds. The zero-order chi connectivity index (χ0) is 18.0. The molecule has 4 atom stereocenters. The molecule has 1 saturated heterocycles. The molecule has 1 fully saturated rings. The lowest BCUT2D eigenvalue weighted by molar-refractivity contribution is -0.0327. The maximum Gasteiger partial charge on any atom is 0.338 e. The van der Waals surface area contributed by atoms with Gasteiger partial charge in [0, 0.05) is 12.3 Å². The summed E-state index contributed by atoms with van der Waals surface area (Å²) in [7, 11) is 0. The van der Waals surface area contributed by atoms with Crippen LogP contribution in [0.5, 0.6) is 0 Å². The molecule has 25 heavy (non-hydrogen) atoms. The number of nitrogens with one attached hydrogen (secondary N) is 1. The van der Waals surface area contributed by atoms with E-state index in [2.05, 4.69) is 0 Å². The molecule has 1 unspecified atom stereocenters. The molecule has 8 heteroatoms. The summed E-state index contributed by atoms with van der Waals surface area (Å²) >= 11 is 0. The molecule has 1 aliphatic heterocycles. The summed E-state index contributed by atoms with van der Waals surface area (Å²) in [6.07, 6.45) is -3.33. The number of ether oxygens (including phenoxy) is 2. The fraction of sp³-hybridized carbons (Fsp3) is 0.353. The number of esters is 1. The van der Waals surface area contributed by atoms with Gasteiger partial charge in [-0.25, -0.2) is 14.0 Å². The summed E-state index contributed by atoms with van der Waals surface area (Å²) in [5, 5.41) is 0. The Morgan fingerprint density at radius 2 is 2.00 bits per heavy atom. The molecule has 0 saturated carbocycles. The summed E-state index contributed by atoms with van der Waals surface area (Å²) in [4.78, 5) is 37.3. The van der Waals surface area contributed by atoms with Gasteiger partial charge in [0.25, 0.3) is 5.56 Å². The second kappa shape index (κ2) is 7.02. The number of carbonyl (C=O) groups is 1. The number of alkyl halides is 1. The molecule has 1 aromatic heterocycles. The van der Waals surface area contributed by atoms with Crippen LogP contribution in [-0.4, -0.2) is 33.9 Å². The molecule has 0 radical (unpaired) electrons. The number of rotatable bonds is 4. The lowest BCUT2D eigenvalue weighted by atomic mass is 10.1. The lowest BCUT2D eigenvalue weighted by Gasteiger charge is -2.18. The Hall–Kier alpha value is -2.74. The highest BCUT2D eigenvalue weighted by Gasteiger charge is 2.48. The molecular weight excluding hydrogens is 331 g/mol. The highest BCUT2D eigenvalue weighted by atomic mass is 19.1. The van der Waals surface area contributed by atoms with Gasteiger partial charge in [-0.2, -0.15) is 0 Å². The van der Waals surface area contributed by atoms with Crippen LogP contribution in [0.15, 0.2) is 52.2 Å². The quantitative estimate of drug-likeness (QED) is 0.844. The molecule has 1 aromatic carbocycles. The predicted molar refractivity (Wildman–Crippen MR) is 86.1 cm³/mol. The highest BCUT2D eigenvalue weighted by molar-refractivity contribution is 5.89. The van der Waals surface area contributed by atoms with Crippen molar-refractivity contribution in [3.8, 4) is 0 Å². The number of H-pyrrole nitrogens is 1. The van der Waals surface area contributed by atoms with E-state index in [1.807, 2.05) is 4.98 Å². The fourth-order valence-electron chi connectivity index (χ4n) is 2.78. The molecule has 0 aliphatic carbocycles. The summed E-state index contributed by atoms with van der Waals surface area (Å²) in [6, 6.07) is 9.33. The van der Waals surface area contributed by atoms with E-state index in [9.17, 15) is 18.8 Å². The van der Waals surface area contributed by atoms with Crippen LogP contribution in [0.2, 0.25) is 0 Å². The van der Waals surface area contributed by atoms with Gasteiger partial charge in [0.1, 0.15) is 6.10 Å². The van der Waals surface area contributed by atoms with E-state index in [4.69, 9.17) is 9.47 Å². The Bertz CT molecular complexity index is 863. The molecule has 0 spiro atoms. The van der Waals surface area contributed by atoms with Crippen molar-refractivity contribution in [1.82, 2.24) is 9.55 Å². The van der Waals surface area contributed by atoms with Crippen molar-refractivity contribution in [1.29, 1.82) is 0 Å². The van der Waals surface area contributed by atoms with Gasteiger partial charge in [-0.05, 0) is 18.6 Å². The van der Waals surface area contributed by atoms with Crippen molar-refractivity contribution < 1.29 is 18.7 Å². The Morgan fingerprint density at radius 3 is 2.64 bits per heavy atom. The first-order chi connectivity index (χ1) is 12.0. The van der Waals surface area contributed by atoms with Crippen molar-refractivity contribution in [2.24, 2.45) is 0 Å². The second-order valence-electron chi connectivity index (χ2n) is 5.67. The molecule has 1 N–H and O–H groups in total. The third kappa shape index (κ3) is 3.39. The van der Waals surface area contributed by atoms with Crippen molar-refractivity contribution in [2.75, 3.05) is 0 Å². The maximum atomic E-state index is 14.9. The Kier molecular flexibility index (Phi) is 4.80. The van der Waals surface area contributed by atoms with Crippen LogP contribution < -0.4 is 11.2 Å². The minimum absolute atomic E-state index is 0.300. The minimum Gasteiger partial charge on any atom is -0.453 e. The zero-order valence-electron chi connectivity index (χ0n) is 13.4. The van der Waals surface area contributed by atoms with Crippen molar-refractivity contribution >= 4 is 5.97 Å². The fourth-order valence-corrected chi connectivity index (χ4v) is 2.78. The molecule has 0 bridgehead atoms. The molecule has 132 valence electrons. The van der Waals surface area contributed by atoms with Gasteiger partial charge in [0.15, 0.2) is 18.5 Å². The van der Waals surface area contributed by atoms with Crippen LogP contribution >= 0.6 is 0 Å². The Labute approximate surface area is 142 Å².